The van der Waals surface area contributed by atoms with Crippen LogP contribution >= 0.6 is 11.3 Å². The number of aryl methyl sites for hydroxylation is 1. The summed E-state index contributed by atoms with van der Waals surface area (Å²) < 4.78 is 10.1. The first-order valence-electron chi connectivity index (χ1n) is 8.33. The number of amides is 1. The van der Waals surface area contributed by atoms with E-state index < -0.39 is 24.5 Å². The molecule has 0 fully saturated rings. The van der Waals surface area contributed by atoms with Gasteiger partial charge in [0.1, 0.15) is 18.2 Å². The van der Waals surface area contributed by atoms with Crippen molar-refractivity contribution in [2.24, 2.45) is 0 Å². The molecule has 0 bridgehead atoms. The van der Waals surface area contributed by atoms with Gasteiger partial charge in [-0.25, -0.2) is 9.59 Å². The van der Waals surface area contributed by atoms with Gasteiger partial charge in [-0.05, 0) is 45.1 Å². The summed E-state index contributed by atoms with van der Waals surface area (Å²) in [7, 11) is 0. The molecule has 2 rings (SSSR count). The van der Waals surface area contributed by atoms with Crippen LogP contribution in [0.2, 0.25) is 0 Å². The lowest BCUT2D eigenvalue weighted by Gasteiger charge is -2.11. The van der Waals surface area contributed by atoms with E-state index in [0.717, 1.165) is 42.5 Å². The third-order valence-corrected chi connectivity index (χ3v) is 4.89. The number of nitrogens with one attached hydrogen (secondary N) is 1. The molecule has 0 aliphatic heterocycles. The summed E-state index contributed by atoms with van der Waals surface area (Å²) in [4.78, 5) is 36.1. The van der Waals surface area contributed by atoms with Crippen molar-refractivity contribution in [1.82, 2.24) is 0 Å². The Kier molecular flexibility index (Phi) is 6.95. The van der Waals surface area contributed by atoms with Crippen LogP contribution in [-0.4, -0.2) is 42.3 Å². The summed E-state index contributed by atoms with van der Waals surface area (Å²) in [6, 6.07) is 0. The molecule has 1 aromatic heterocycles. The van der Waals surface area contributed by atoms with E-state index in [2.05, 4.69) is 5.32 Å². The van der Waals surface area contributed by atoms with E-state index in [0.29, 0.717) is 10.6 Å². The number of carbonyl (C=O) groups is 3. The zero-order chi connectivity index (χ0) is 18.4. The maximum Gasteiger partial charge on any atom is 0.341 e. The van der Waals surface area contributed by atoms with Gasteiger partial charge in [0.25, 0.3) is 5.91 Å². The quantitative estimate of drug-likeness (QED) is 0.566. The average Bonchev–Trinajstić information content (AvgIpc) is 2.68. The first-order valence-corrected chi connectivity index (χ1v) is 9.15. The normalized spacial score (nSPS) is 13.9. The molecule has 138 valence electrons. The Hall–Kier alpha value is -1.93. The fraction of sp³-hybridized carbons (Fsp3) is 0.588. The molecular weight excluding hydrogens is 346 g/mol. The smallest absolute Gasteiger partial charge is 0.341 e. The number of rotatable bonds is 7. The minimum Gasteiger partial charge on any atom is -0.480 e. The Morgan fingerprint density at radius 1 is 1.16 bits per heavy atom. The van der Waals surface area contributed by atoms with Gasteiger partial charge in [-0.2, -0.15) is 0 Å². The van der Waals surface area contributed by atoms with Crippen LogP contribution in [0.4, 0.5) is 5.00 Å². The number of aliphatic carboxylic acids is 1. The Balaban J connectivity index is 2.19. The molecule has 0 aromatic carbocycles. The molecule has 8 heteroatoms. The van der Waals surface area contributed by atoms with Crippen LogP contribution in [0.5, 0.6) is 0 Å². The van der Waals surface area contributed by atoms with Gasteiger partial charge >= 0.3 is 11.9 Å². The number of fused-ring (bicyclic) bond motifs is 1. The summed E-state index contributed by atoms with van der Waals surface area (Å²) in [5.74, 6) is -2.07. The van der Waals surface area contributed by atoms with Crippen LogP contribution in [0.3, 0.4) is 0 Å². The number of carbonyl (C=O) groups excluding carboxylic acids is 2. The lowest BCUT2D eigenvalue weighted by atomic mass is 10.1. The van der Waals surface area contributed by atoms with Crippen LogP contribution in [-0.2, 0) is 31.9 Å². The van der Waals surface area contributed by atoms with Crippen LogP contribution in [0.25, 0.3) is 0 Å². The zero-order valence-electron chi connectivity index (χ0n) is 14.4. The second-order valence-corrected chi connectivity index (χ2v) is 7.26. The first-order chi connectivity index (χ1) is 11.9. The highest BCUT2D eigenvalue weighted by molar-refractivity contribution is 7.17. The SMILES string of the molecule is CC(C)OC(=O)c1c(NC(=O)COCC(=O)O)sc2c1CCCCC2. The van der Waals surface area contributed by atoms with Crippen molar-refractivity contribution < 1.29 is 29.0 Å². The van der Waals surface area contributed by atoms with Gasteiger partial charge in [0.2, 0.25) is 0 Å². The van der Waals surface area contributed by atoms with E-state index in [4.69, 9.17) is 14.6 Å². The van der Waals surface area contributed by atoms with Crippen LogP contribution < -0.4 is 5.32 Å². The van der Waals surface area contributed by atoms with E-state index in [1.807, 2.05) is 0 Å². The van der Waals surface area contributed by atoms with E-state index in [1.165, 1.54) is 11.3 Å². The molecule has 1 aliphatic carbocycles. The van der Waals surface area contributed by atoms with E-state index in [-0.39, 0.29) is 12.7 Å². The minimum absolute atomic E-state index is 0.253. The lowest BCUT2D eigenvalue weighted by Crippen LogP contribution is -2.22. The third kappa shape index (κ3) is 5.54. The second kappa shape index (κ2) is 8.96. The lowest BCUT2D eigenvalue weighted by molar-refractivity contribution is -0.143. The molecule has 25 heavy (non-hydrogen) atoms. The summed E-state index contributed by atoms with van der Waals surface area (Å²) in [5.41, 5.74) is 1.40. The Labute approximate surface area is 150 Å². The fourth-order valence-corrected chi connectivity index (χ4v) is 4.01. The predicted octanol–water partition coefficient (Wildman–Crippen LogP) is 2.62. The number of carboxylic acid groups (broad SMARTS) is 1. The van der Waals surface area contributed by atoms with Crippen molar-refractivity contribution in [3.05, 3.63) is 16.0 Å². The highest BCUT2D eigenvalue weighted by Crippen LogP contribution is 2.38. The van der Waals surface area contributed by atoms with E-state index in [9.17, 15) is 14.4 Å². The van der Waals surface area contributed by atoms with Crippen LogP contribution in [0.15, 0.2) is 0 Å². The molecule has 0 atom stereocenters. The summed E-state index contributed by atoms with van der Waals surface area (Å²) in [5, 5.41) is 11.7. The van der Waals surface area contributed by atoms with Gasteiger partial charge in [0.15, 0.2) is 0 Å². The Morgan fingerprint density at radius 2 is 1.88 bits per heavy atom. The van der Waals surface area contributed by atoms with Crippen LogP contribution in [0, 0.1) is 0 Å². The topological polar surface area (TPSA) is 102 Å². The summed E-state index contributed by atoms with van der Waals surface area (Å²) >= 11 is 1.39. The van der Waals surface area contributed by atoms with Gasteiger partial charge in [-0.15, -0.1) is 11.3 Å². The van der Waals surface area contributed by atoms with Gasteiger partial charge in [0.05, 0.1) is 11.7 Å². The zero-order valence-corrected chi connectivity index (χ0v) is 15.2. The molecule has 1 amide bonds. The number of ether oxygens (including phenoxy) is 2. The monoisotopic (exact) mass is 369 g/mol. The molecule has 7 nitrogen and oxygen atoms in total. The van der Waals surface area contributed by atoms with Crippen LogP contribution in [0.1, 0.15) is 53.9 Å². The van der Waals surface area contributed by atoms with Crippen molar-refractivity contribution in [2.45, 2.75) is 52.1 Å². The molecule has 0 unspecified atom stereocenters. The highest BCUT2D eigenvalue weighted by Gasteiger charge is 2.27. The van der Waals surface area contributed by atoms with E-state index in [1.54, 1.807) is 13.8 Å². The van der Waals surface area contributed by atoms with Gasteiger partial charge in [0, 0.05) is 4.88 Å². The maximum absolute atomic E-state index is 12.5. The minimum atomic E-state index is -1.14. The largest absolute Gasteiger partial charge is 0.480 e. The Bertz CT molecular complexity index is 652. The molecule has 0 saturated carbocycles. The number of carboxylic acids is 1. The molecule has 1 heterocycles. The Morgan fingerprint density at radius 3 is 2.56 bits per heavy atom. The second-order valence-electron chi connectivity index (χ2n) is 6.16. The van der Waals surface area contributed by atoms with Gasteiger partial charge in [-0.3, -0.25) is 4.79 Å². The highest BCUT2D eigenvalue weighted by atomic mass is 32.1. The molecular formula is C17H23NO6S. The van der Waals surface area contributed by atoms with Crippen molar-refractivity contribution in [1.29, 1.82) is 0 Å². The predicted molar refractivity (Wildman–Crippen MR) is 93.2 cm³/mol. The summed E-state index contributed by atoms with van der Waals surface area (Å²) in [6.45, 7) is 2.63. The number of thiophene rings is 1. The number of esters is 1. The maximum atomic E-state index is 12.5. The standard InChI is InChI=1S/C17H23NO6S/c1-10(2)24-17(22)15-11-6-4-3-5-7-12(11)25-16(15)18-13(19)8-23-9-14(20)21/h10H,3-9H2,1-2H3,(H,18,19)(H,20,21). The molecule has 0 saturated heterocycles. The van der Waals surface area contributed by atoms with E-state index >= 15 is 0 Å². The van der Waals surface area contributed by atoms with Crippen molar-refractivity contribution in [3.63, 3.8) is 0 Å². The summed E-state index contributed by atoms with van der Waals surface area (Å²) in [6.07, 6.45) is 4.59. The van der Waals surface area contributed by atoms with Crippen molar-refractivity contribution in [3.8, 4) is 0 Å². The number of hydrogen-bond donors (Lipinski definition) is 2. The molecule has 1 aliphatic rings. The van der Waals surface area contributed by atoms with Crippen molar-refractivity contribution >= 4 is 34.2 Å². The number of anilines is 1. The van der Waals surface area contributed by atoms with Gasteiger partial charge in [-0.1, -0.05) is 6.42 Å². The third-order valence-electron chi connectivity index (χ3n) is 3.68. The molecule has 1 aromatic rings. The number of hydrogen-bond acceptors (Lipinski definition) is 6. The fourth-order valence-electron chi connectivity index (χ4n) is 2.71. The molecule has 2 N–H and O–H groups in total. The average molecular weight is 369 g/mol. The van der Waals surface area contributed by atoms with Gasteiger partial charge < -0.3 is 19.9 Å². The van der Waals surface area contributed by atoms with Crippen molar-refractivity contribution in [2.75, 3.05) is 18.5 Å². The molecule has 0 spiro atoms. The molecule has 0 radical (unpaired) electrons. The first kappa shape index (κ1) is 19.4.